The number of ether oxygens (including phenoxy) is 2. The number of nitro benzene ring substituents is 2. The van der Waals surface area contributed by atoms with Crippen LogP contribution in [-0.4, -0.2) is 21.7 Å². The van der Waals surface area contributed by atoms with Crippen molar-refractivity contribution in [2.45, 2.75) is 0 Å². The van der Waals surface area contributed by atoms with Crippen molar-refractivity contribution in [3.05, 3.63) is 108 Å². The van der Waals surface area contributed by atoms with Crippen LogP contribution in [0.4, 0.5) is 11.4 Å². The van der Waals surface area contributed by atoms with Crippen LogP contribution < -0.4 is 4.74 Å². The highest BCUT2D eigenvalue weighted by Gasteiger charge is 2.25. The molecule has 1 heterocycles. The van der Waals surface area contributed by atoms with E-state index in [4.69, 9.17) is 9.47 Å². The number of non-ortho nitro benzene ring substituents is 1. The number of hydrogen-bond donors (Lipinski definition) is 0. The molecule has 164 valence electrons. The third kappa shape index (κ3) is 4.77. The molecule has 0 unspecified atom stereocenters. The lowest BCUT2D eigenvalue weighted by molar-refractivity contribution is -0.394. The van der Waals surface area contributed by atoms with Crippen LogP contribution in [0.2, 0.25) is 0 Å². The minimum Gasteiger partial charge on any atom is -0.450 e. The molecule has 0 saturated heterocycles. The van der Waals surface area contributed by atoms with E-state index in [9.17, 15) is 25.0 Å². The molecule has 0 saturated carbocycles. The van der Waals surface area contributed by atoms with Crippen molar-refractivity contribution >= 4 is 45.2 Å². The molecule has 3 aromatic carbocycles. The Hall–Kier alpha value is -4.38. The second-order valence-corrected chi connectivity index (χ2v) is 7.51. The van der Waals surface area contributed by atoms with Gasteiger partial charge in [0.2, 0.25) is 11.6 Å². The standard InChI is InChI=1S/C22H12BrN3O7/c23-17-7-2-1-6-16(17)21-24-18(22(27)33-21)11-13-4-3-5-15(10-13)32-20-9-8-14(25(28)29)12-19(20)26(30)31/h1-12H. The highest BCUT2D eigenvalue weighted by Crippen LogP contribution is 2.35. The second kappa shape index (κ2) is 9.01. The summed E-state index contributed by atoms with van der Waals surface area (Å²) in [7, 11) is 0. The van der Waals surface area contributed by atoms with Crippen LogP contribution in [0, 0.1) is 20.2 Å². The Morgan fingerprint density at radius 2 is 1.76 bits per heavy atom. The van der Waals surface area contributed by atoms with Gasteiger partial charge in [-0.3, -0.25) is 20.2 Å². The smallest absolute Gasteiger partial charge is 0.363 e. The summed E-state index contributed by atoms with van der Waals surface area (Å²) in [5, 5.41) is 22.2. The first-order valence-corrected chi connectivity index (χ1v) is 10.1. The summed E-state index contributed by atoms with van der Waals surface area (Å²) in [5.74, 6) is -0.404. The van der Waals surface area contributed by atoms with Crippen molar-refractivity contribution in [3.63, 3.8) is 0 Å². The molecule has 0 aliphatic carbocycles. The fourth-order valence-corrected chi connectivity index (χ4v) is 3.41. The number of nitro groups is 2. The molecule has 33 heavy (non-hydrogen) atoms. The van der Waals surface area contributed by atoms with Gasteiger partial charge in [0.15, 0.2) is 5.70 Å². The van der Waals surface area contributed by atoms with Crippen molar-refractivity contribution in [1.82, 2.24) is 0 Å². The van der Waals surface area contributed by atoms with Gasteiger partial charge in [0.05, 0.1) is 21.5 Å². The molecule has 0 aromatic heterocycles. The molecule has 1 aliphatic rings. The van der Waals surface area contributed by atoms with Gasteiger partial charge in [-0.1, -0.05) is 24.3 Å². The van der Waals surface area contributed by atoms with E-state index >= 15 is 0 Å². The normalized spacial score (nSPS) is 14.0. The van der Waals surface area contributed by atoms with Crippen LogP contribution in [-0.2, 0) is 9.53 Å². The summed E-state index contributed by atoms with van der Waals surface area (Å²) in [4.78, 5) is 37.3. The van der Waals surface area contributed by atoms with Crippen molar-refractivity contribution < 1.29 is 24.1 Å². The quantitative estimate of drug-likeness (QED) is 0.188. The molecule has 10 nitrogen and oxygen atoms in total. The van der Waals surface area contributed by atoms with E-state index in [1.165, 1.54) is 12.1 Å². The first-order chi connectivity index (χ1) is 15.8. The Morgan fingerprint density at radius 3 is 2.48 bits per heavy atom. The van der Waals surface area contributed by atoms with Crippen molar-refractivity contribution in [2.75, 3.05) is 0 Å². The molecule has 3 aromatic rings. The zero-order chi connectivity index (χ0) is 23.5. The molecule has 0 amide bonds. The lowest BCUT2D eigenvalue weighted by Gasteiger charge is -2.07. The number of esters is 1. The molecular weight excluding hydrogens is 498 g/mol. The molecule has 0 fully saturated rings. The Balaban J connectivity index is 1.62. The van der Waals surface area contributed by atoms with Gasteiger partial charge in [0, 0.05) is 10.5 Å². The highest BCUT2D eigenvalue weighted by atomic mass is 79.9. The van der Waals surface area contributed by atoms with Crippen LogP contribution in [0.5, 0.6) is 11.5 Å². The topological polar surface area (TPSA) is 134 Å². The second-order valence-electron chi connectivity index (χ2n) is 6.66. The van der Waals surface area contributed by atoms with Gasteiger partial charge < -0.3 is 9.47 Å². The maximum atomic E-state index is 12.3. The van der Waals surface area contributed by atoms with Gasteiger partial charge in [0.1, 0.15) is 5.75 Å². The van der Waals surface area contributed by atoms with Gasteiger partial charge in [-0.2, -0.15) is 0 Å². The van der Waals surface area contributed by atoms with Crippen molar-refractivity contribution in [1.29, 1.82) is 0 Å². The predicted molar refractivity (Wildman–Crippen MR) is 121 cm³/mol. The zero-order valence-electron chi connectivity index (χ0n) is 16.5. The Morgan fingerprint density at radius 1 is 0.970 bits per heavy atom. The fourth-order valence-electron chi connectivity index (χ4n) is 2.96. The van der Waals surface area contributed by atoms with Crippen LogP contribution in [0.25, 0.3) is 6.08 Å². The van der Waals surface area contributed by atoms with E-state index in [2.05, 4.69) is 20.9 Å². The van der Waals surface area contributed by atoms with Crippen molar-refractivity contribution in [3.8, 4) is 11.5 Å². The van der Waals surface area contributed by atoms with E-state index in [1.54, 1.807) is 36.4 Å². The third-order valence-corrected chi connectivity index (χ3v) is 5.16. The maximum Gasteiger partial charge on any atom is 0.363 e. The van der Waals surface area contributed by atoms with Gasteiger partial charge in [-0.15, -0.1) is 0 Å². The first kappa shape index (κ1) is 21.8. The minimum absolute atomic E-state index is 0.0687. The number of hydrogen-bond acceptors (Lipinski definition) is 8. The monoisotopic (exact) mass is 509 g/mol. The first-order valence-electron chi connectivity index (χ1n) is 9.30. The summed E-state index contributed by atoms with van der Waals surface area (Å²) in [6.45, 7) is 0. The molecule has 11 heteroatoms. The average Bonchev–Trinajstić information content (AvgIpc) is 3.14. The fraction of sp³-hybridized carbons (Fsp3) is 0. The number of carbonyl (C=O) groups is 1. The number of aliphatic imine (C=N–C) groups is 1. The molecule has 1 aliphatic heterocycles. The van der Waals surface area contributed by atoms with Gasteiger partial charge >= 0.3 is 11.7 Å². The Kier molecular flexibility index (Phi) is 5.96. The summed E-state index contributed by atoms with van der Waals surface area (Å²) < 4.78 is 11.6. The lowest BCUT2D eigenvalue weighted by atomic mass is 10.2. The number of carbonyl (C=O) groups excluding carboxylic acids is 1. The summed E-state index contributed by atoms with van der Waals surface area (Å²) >= 11 is 3.39. The van der Waals surface area contributed by atoms with Crippen LogP contribution >= 0.6 is 15.9 Å². The van der Waals surface area contributed by atoms with Crippen molar-refractivity contribution in [2.24, 2.45) is 4.99 Å². The number of benzene rings is 3. The molecule has 0 radical (unpaired) electrons. The number of nitrogens with zero attached hydrogens (tertiary/aromatic N) is 3. The summed E-state index contributed by atoms with van der Waals surface area (Å²) in [6, 6.07) is 16.7. The Bertz CT molecular complexity index is 1370. The SMILES string of the molecule is O=C1OC(c2ccccc2Br)=NC1=Cc1cccc(Oc2ccc([N+](=O)[O-])cc2[N+](=O)[O-])c1. The van der Waals surface area contributed by atoms with E-state index in [1.807, 2.05) is 6.07 Å². The summed E-state index contributed by atoms with van der Waals surface area (Å²) in [6.07, 6.45) is 1.49. The van der Waals surface area contributed by atoms with E-state index < -0.39 is 27.2 Å². The van der Waals surface area contributed by atoms with Crippen LogP contribution in [0.3, 0.4) is 0 Å². The zero-order valence-corrected chi connectivity index (χ0v) is 18.1. The largest absolute Gasteiger partial charge is 0.450 e. The predicted octanol–water partition coefficient (Wildman–Crippen LogP) is 5.40. The minimum atomic E-state index is -0.763. The molecule has 4 rings (SSSR count). The molecule has 0 atom stereocenters. The van der Waals surface area contributed by atoms with Gasteiger partial charge in [0.25, 0.3) is 5.69 Å². The van der Waals surface area contributed by atoms with E-state index in [0.29, 0.717) is 11.1 Å². The Labute approximate surface area is 194 Å². The molecule has 0 N–H and O–H groups in total. The molecule has 0 spiro atoms. The van der Waals surface area contributed by atoms with Gasteiger partial charge in [-0.05, 0) is 57.9 Å². The van der Waals surface area contributed by atoms with E-state index in [0.717, 1.165) is 22.7 Å². The van der Waals surface area contributed by atoms with Crippen LogP contribution in [0.15, 0.2) is 81.9 Å². The van der Waals surface area contributed by atoms with Crippen LogP contribution in [0.1, 0.15) is 11.1 Å². The van der Waals surface area contributed by atoms with E-state index in [-0.39, 0.29) is 23.1 Å². The number of rotatable bonds is 6. The maximum absolute atomic E-state index is 12.3. The highest BCUT2D eigenvalue weighted by molar-refractivity contribution is 9.10. The molecule has 0 bridgehead atoms. The summed E-state index contributed by atoms with van der Waals surface area (Å²) in [5.41, 5.74) is 0.248. The molecular formula is C22H12BrN3O7. The third-order valence-electron chi connectivity index (χ3n) is 4.46. The van der Waals surface area contributed by atoms with Gasteiger partial charge in [-0.25, -0.2) is 9.79 Å². The number of halogens is 1. The lowest BCUT2D eigenvalue weighted by Crippen LogP contribution is -2.05. The number of cyclic esters (lactones) is 1. The average molecular weight is 510 g/mol.